The van der Waals surface area contributed by atoms with Gasteiger partial charge in [-0.2, -0.15) is 16.7 Å². The van der Waals surface area contributed by atoms with Crippen molar-refractivity contribution in [2.45, 2.75) is 0 Å². The van der Waals surface area contributed by atoms with E-state index in [0.717, 1.165) is 37.3 Å². The van der Waals surface area contributed by atoms with Gasteiger partial charge in [-0.05, 0) is 11.6 Å². The molecule has 1 aromatic heterocycles. The Kier molecular flexibility index (Phi) is 5.17. The van der Waals surface area contributed by atoms with Crippen LogP contribution in [0.2, 0.25) is 5.28 Å². The van der Waals surface area contributed by atoms with Gasteiger partial charge in [0.05, 0.1) is 4.92 Å². The van der Waals surface area contributed by atoms with Crippen molar-refractivity contribution in [1.29, 1.82) is 0 Å². The molecule has 0 unspecified atom stereocenters. The first-order valence-electron chi connectivity index (χ1n) is 5.88. The molecule has 0 aliphatic carbocycles. The van der Waals surface area contributed by atoms with Gasteiger partial charge in [-0.25, -0.2) is 4.98 Å². The summed E-state index contributed by atoms with van der Waals surface area (Å²) in [5.74, 6) is 2.45. The molecular weight excluding hydrogens is 290 g/mol. The van der Waals surface area contributed by atoms with Crippen molar-refractivity contribution in [1.82, 2.24) is 14.9 Å². The van der Waals surface area contributed by atoms with E-state index >= 15 is 0 Å². The maximum atomic E-state index is 10.8. The first-order chi connectivity index (χ1) is 9.16. The SMILES string of the molecule is O=[N+]([O-])c1cnc(Cl)nc1NCCN1CCSCC1. The van der Waals surface area contributed by atoms with Crippen LogP contribution in [0.15, 0.2) is 6.20 Å². The molecular formula is C10H14ClN5O2S. The van der Waals surface area contributed by atoms with Crippen LogP contribution >= 0.6 is 23.4 Å². The molecule has 0 amide bonds. The zero-order chi connectivity index (χ0) is 13.7. The highest BCUT2D eigenvalue weighted by atomic mass is 35.5. The number of hydrogen-bond donors (Lipinski definition) is 1. The highest BCUT2D eigenvalue weighted by Gasteiger charge is 2.17. The third kappa shape index (κ3) is 4.19. The number of nitrogens with zero attached hydrogens (tertiary/aromatic N) is 4. The molecule has 0 spiro atoms. The molecule has 1 fully saturated rings. The first-order valence-corrected chi connectivity index (χ1v) is 7.41. The number of thioether (sulfide) groups is 1. The summed E-state index contributed by atoms with van der Waals surface area (Å²) in [5.41, 5.74) is -0.154. The highest BCUT2D eigenvalue weighted by Crippen LogP contribution is 2.21. The number of rotatable bonds is 5. The van der Waals surface area contributed by atoms with E-state index in [1.54, 1.807) is 0 Å². The highest BCUT2D eigenvalue weighted by molar-refractivity contribution is 7.99. The Morgan fingerprint density at radius 3 is 2.95 bits per heavy atom. The molecule has 19 heavy (non-hydrogen) atoms. The summed E-state index contributed by atoms with van der Waals surface area (Å²) < 4.78 is 0. The maximum absolute atomic E-state index is 10.8. The van der Waals surface area contributed by atoms with E-state index in [9.17, 15) is 10.1 Å². The van der Waals surface area contributed by atoms with Gasteiger partial charge < -0.3 is 5.32 Å². The Morgan fingerprint density at radius 1 is 1.53 bits per heavy atom. The molecule has 0 aromatic carbocycles. The van der Waals surface area contributed by atoms with Gasteiger partial charge in [-0.15, -0.1) is 0 Å². The van der Waals surface area contributed by atoms with E-state index in [1.165, 1.54) is 0 Å². The topological polar surface area (TPSA) is 84.2 Å². The van der Waals surface area contributed by atoms with Gasteiger partial charge in [0.2, 0.25) is 11.1 Å². The number of hydrogen-bond acceptors (Lipinski definition) is 7. The van der Waals surface area contributed by atoms with Crippen LogP contribution in [0.25, 0.3) is 0 Å². The van der Waals surface area contributed by atoms with Crippen LogP contribution in [0.1, 0.15) is 0 Å². The van der Waals surface area contributed by atoms with Crippen LogP contribution in [0.5, 0.6) is 0 Å². The molecule has 7 nitrogen and oxygen atoms in total. The maximum Gasteiger partial charge on any atom is 0.329 e. The normalized spacial score (nSPS) is 16.3. The Hall–Kier alpha value is -1.12. The second kappa shape index (κ2) is 6.88. The van der Waals surface area contributed by atoms with Crippen molar-refractivity contribution in [3.05, 3.63) is 21.6 Å². The molecule has 1 saturated heterocycles. The van der Waals surface area contributed by atoms with Crippen molar-refractivity contribution in [3.63, 3.8) is 0 Å². The lowest BCUT2D eigenvalue weighted by atomic mass is 10.4. The van der Waals surface area contributed by atoms with Crippen LogP contribution in [-0.2, 0) is 0 Å². The van der Waals surface area contributed by atoms with Gasteiger partial charge in [0.15, 0.2) is 0 Å². The summed E-state index contributed by atoms with van der Waals surface area (Å²) >= 11 is 7.60. The van der Waals surface area contributed by atoms with Crippen LogP contribution in [0.3, 0.4) is 0 Å². The van der Waals surface area contributed by atoms with E-state index in [2.05, 4.69) is 20.2 Å². The lowest BCUT2D eigenvalue weighted by Gasteiger charge is -2.26. The average Bonchev–Trinajstić information content (AvgIpc) is 2.39. The van der Waals surface area contributed by atoms with Gasteiger partial charge in [-0.3, -0.25) is 15.0 Å². The van der Waals surface area contributed by atoms with E-state index in [-0.39, 0.29) is 16.8 Å². The largest absolute Gasteiger partial charge is 0.363 e. The molecule has 0 atom stereocenters. The zero-order valence-electron chi connectivity index (χ0n) is 10.2. The number of nitro groups is 1. The Labute approximate surface area is 119 Å². The molecule has 1 aromatic rings. The molecule has 0 radical (unpaired) electrons. The van der Waals surface area contributed by atoms with Gasteiger partial charge in [0, 0.05) is 37.7 Å². The summed E-state index contributed by atoms with van der Waals surface area (Å²) in [5, 5.41) is 13.8. The predicted molar refractivity (Wildman–Crippen MR) is 76.0 cm³/mol. The molecule has 9 heteroatoms. The van der Waals surface area contributed by atoms with Gasteiger partial charge >= 0.3 is 5.69 Å². The summed E-state index contributed by atoms with van der Waals surface area (Å²) in [4.78, 5) is 20.1. The average molecular weight is 304 g/mol. The van der Waals surface area contributed by atoms with Crippen molar-refractivity contribution in [2.24, 2.45) is 0 Å². The van der Waals surface area contributed by atoms with E-state index in [1.807, 2.05) is 11.8 Å². The Bertz CT molecular complexity index is 456. The standard InChI is InChI=1S/C10H14ClN5O2S/c11-10-13-7-8(16(17)18)9(14-10)12-1-2-15-3-5-19-6-4-15/h7H,1-6H2,(H,12,13,14). The molecule has 2 rings (SSSR count). The second-order valence-corrected chi connectivity index (χ2v) is 5.57. The number of aromatic nitrogens is 2. The molecule has 1 aliphatic heterocycles. The molecule has 0 bridgehead atoms. The Balaban J connectivity index is 1.91. The molecule has 1 N–H and O–H groups in total. The monoisotopic (exact) mass is 303 g/mol. The first kappa shape index (κ1) is 14.3. The third-order valence-corrected chi connectivity index (χ3v) is 3.89. The minimum Gasteiger partial charge on any atom is -0.363 e. The summed E-state index contributed by atoms with van der Waals surface area (Å²) in [6.07, 6.45) is 1.12. The number of halogens is 1. The summed E-state index contributed by atoms with van der Waals surface area (Å²) in [6.45, 7) is 3.54. The fraction of sp³-hybridized carbons (Fsp3) is 0.600. The van der Waals surface area contributed by atoms with Gasteiger partial charge in [0.1, 0.15) is 6.20 Å². The second-order valence-electron chi connectivity index (χ2n) is 4.01. The van der Waals surface area contributed by atoms with Crippen LogP contribution in [0, 0.1) is 10.1 Å². The van der Waals surface area contributed by atoms with Gasteiger partial charge in [-0.1, -0.05) is 0 Å². The minimum absolute atomic E-state index is 0.00229. The summed E-state index contributed by atoms with van der Waals surface area (Å²) in [7, 11) is 0. The fourth-order valence-corrected chi connectivity index (χ4v) is 2.89. The van der Waals surface area contributed by atoms with Crippen LogP contribution in [-0.4, -0.2) is 57.5 Å². The van der Waals surface area contributed by atoms with E-state index < -0.39 is 4.92 Å². The quantitative estimate of drug-likeness (QED) is 0.501. The molecule has 0 saturated carbocycles. The van der Waals surface area contributed by atoms with Crippen LogP contribution in [0.4, 0.5) is 11.5 Å². The van der Waals surface area contributed by atoms with Gasteiger partial charge in [0.25, 0.3) is 0 Å². The van der Waals surface area contributed by atoms with Crippen molar-refractivity contribution < 1.29 is 4.92 Å². The predicted octanol–water partition coefficient (Wildman–Crippen LogP) is 1.50. The van der Waals surface area contributed by atoms with Crippen molar-refractivity contribution in [2.75, 3.05) is 43.0 Å². The molecule has 104 valence electrons. The smallest absolute Gasteiger partial charge is 0.329 e. The molecule has 2 heterocycles. The fourth-order valence-electron chi connectivity index (χ4n) is 1.77. The number of nitrogens with one attached hydrogen (secondary N) is 1. The third-order valence-electron chi connectivity index (χ3n) is 2.76. The van der Waals surface area contributed by atoms with E-state index in [0.29, 0.717) is 6.54 Å². The minimum atomic E-state index is -0.518. The lowest BCUT2D eigenvalue weighted by Crippen LogP contribution is -2.36. The Morgan fingerprint density at radius 2 is 2.26 bits per heavy atom. The molecule has 1 aliphatic rings. The summed E-state index contributed by atoms with van der Waals surface area (Å²) in [6, 6.07) is 0. The van der Waals surface area contributed by atoms with E-state index in [4.69, 9.17) is 11.6 Å². The van der Waals surface area contributed by atoms with Crippen molar-refractivity contribution >= 4 is 34.9 Å². The van der Waals surface area contributed by atoms with Crippen molar-refractivity contribution in [3.8, 4) is 0 Å². The zero-order valence-corrected chi connectivity index (χ0v) is 11.8. The lowest BCUT2D eigenvalue weighted by molar-refractivity contribution is -0.384. The number of anilines is 1. The van der Waals surface area contributed by atoms with Crippen LogP contribution < -0.4 is 5.32 Å².